The van der Waals surface area contributed by atoms with Crippen LogP contribution in [-0.2, 0) is 28.2 Å². The summed E-state index contributed by atoms with van der Waals surface area (Å²) in [6, 6.07) is 5.56. The summed E-state index contributed by atoms with van der Waals surface area (Å²) >= 11 is 0. The predicted molar refractivity (Wildman–Crippen MR) is 102 cm³/mol. The van der Waals surface area contributed by atoms with E-state index < -0.39 is 29.2 Å². The number of nitrogens with zero attached hydrogens (tertiary/aromatic N) is 1. The number of carbonyl (C=O) groups excluding carboxylic acids is 1. The molecule has 0 saturated heterocycles. The number of methoxy groups -OCH3 is 1. The highest BCUT2D eigenvalue weighted by Crippen LogP contribution is 2.40. The van der Waals surface area contributed by atoms with E-state index in [1.54, 1.807) is 6.92 Å². The van der Waals surface area contributed by atoms with E-state index in [1.807, 2.05) is 0 Å². The van der Waals surface area contributed by atoms with Crippen molar-refractivity contribution in [2.75, 3.05) is 13.7 Å². The molecule has 5 nitrogen and oxygen atoms in total. The Kier molecular flexibility index (Phi) is 6.93. The molecule has 31 heavy (non-hydrogen) atoms. The first kappa shape index (κ1) is 24.1. The number of benzene rings is 2. The summed E-state index contributed by atoms with van der Waals surface area (Å²) in [5.74, 6) is -6.92. The summed E-state index contributed by atoms with van der Waals surface area (Å²) in [4.78, 5) is 24.0. The first-order chi connectivity index (χ1) is 14.3. The molecule has 0 fully saturated rings. The quantitative estimate of drug-likeness (QED) is 0.614. The monoisotopic (exact) mass is 445 g/mol. The van der Waals surface area contributed by atoms with E-state index in [4.69, 9.17) is 9.84 Å². The number of carboxylic acids is 1. The van der Waals surface area contributed by atoms with Crippen molar-refractivity contribution in [3.05, 3.63) is 53.1 Å². The fourth-order valence-corrected chi connectivity index (χ4v) is 3.05. The number of aliphatic carboxylic acids is 1. The standard InChI is InChI=1S/C21H20F5NO4/c1-4-27(12(2)28)11-13-9-15(21(24,25)26)5-7-16(13)17-10-14(6-8-18(17)31-3)20(22,23)19(29)30/h5-10H,4,11H2,1-3H3,(H,29,30). The number of carbonyl (C=O) groups is 2. The van der Waals surface area contributed by atoms with Crippen LogP contribution in [0.2, 0.25) is 0 Å². The Labute approximate surface area is 175 Å². The molecule has 10 heteroatoms. The van der Waals surface area contributed by atoms with Crippen LogP contribution in [0.5, 0.6) is 5.75 Å². The van der Waals surface area contributed by atoms with Gasteiger partial charge in [0.2, 0.25) is 5.91 Å². The number of alkyl halides is 5. The van der Waals surface area contributed by atoms with Crippen molar-refractivity contribution in [1.29, 1.82) is 0 Å². The molecule has 168 valence electrons. The SMILES string of the molecule is CCN(Cc1cc(C(F)(F)F)ccc1-c1cc(C(F)(F)C(=O)O)ccc1OC)C(C)=O. The van der Waals surface area contributed by atoms with Crippen LogP contribution in [0, 0.1) is 0 Å². The van der Waals surface area contributed by atoms with E-state index in [9.17, 15) is 31.5 Å². The van der Waals surface area contributed by atoms with Gasteiger partial charge in [-0.2, -0.15) is 22.0 Å². The zero-order valence-electron chi connectivity index (χ0n) is 16.9. The van der Waals surface area contributed by atoms with Crippen LogP contribution in [0.1, 0.15) is 30.5 Å². The van der Waals surface area contributed by atoms with Gasteiger partial charge >= 0.3 is 18.1 Å². The molecule has 2 aromatic carbocycles. The molecule has 0 bridgehead atoms. The van der Waals surface area contributed by atoms with Gasteiger partial charge < -0.3 is 14.7 Å². The number of carboxylic acid groups (broad SMARTS) is 1. The van der Waals surface area contributed by atoms with E-state index in [0.717, 1.165) is 36.4 Å². The number of amides is 1. The minimum Gasteiger partial charge on any atom is -0.496 e. The molecule has 0 aliphatic rings. The van der Waals surface area contributed by atoms with Crippen molar-refractivity contribution in [1.82, 2.24) is 4.90 Å². The molecule has 2 rings (SSSR count). The third-order valence-corrected chi connectivity index (χ3v) is 4.74. The van der Waals surface area contributed by atoms with Gasteiger partial charge in [0.15, 0.2) is 0 Å². The Hall–Kier alpha value is -3.17. The lowest BCUT2D eigenvalue weighted by atomic mass is 9.93. The lowest BCUT2D eigenvalue weighted by molar-refractivity contribution is -0.166. The molecular weight excluding hydrogens is 425 g/mol. The van der Waals surface area contributed by atoms with Gasteiger partial charge in [-0.15, -0.1) is 0 Å². The number of hydrogen-bond donors (Lipinski definition) is 1. The van der Waals surface area contributed by atoms with E-state index in [0.29, 0.717) is 0 Å². The molecule has 0 aliphatic heterocycles. The molecule has 0 atom stereocenters. The van der Waals surface area contributed by atoms with Gasteiger partial charge in [-0.3, -0.25) is 4.79 Å². The molecule has 0 aliphatic carbocycles. The molecule has 1 amide bonds. The van der Waals surface area contributed by atoms with Gasteiger partial charge in [0.05, 0.1) is 12.7 Å². The van der Waals surface area contributed by atoms with E-state index in [1.165, 1.54) is 18.9 Å². The van der Waals surface area contributed by atoms with Crippen LogP contribution < -0.4 is 4.74 Å². The number of ether oxygens (including phenoxy) is 1. The molecular formula is C21H20F5NO4. The third kappa shape index (κ3) is 5.12. The summed E-state index contributed by atoms with van der Waals surface area (Å²) < 4.78 is 73.1. The second kappa shape index (κ2) is 8.91. The van der Waals surface area contributed by atoms with E-state index >= 15 is 0 Å². The van der Waals surface area contributed by atoms with Crippen molar-refractivity contribution in [3.8, 4) is 16.9 Å². The highest BCUT2D eigenvalue weighted by Gasteiger charge is 2.41. The molecule has 0 heterocycles. The van der Waals surface area contributed by atoms with Crippen LogP contribution in [0.25, 0.3) is 11.1 Å². The Bertz CT molecular complexity index is 988. The lowest BCUT2D eigenvalue weighted by Crippen LogP contribution is -2.28. The second-order valence-electron chi connectivity index (χ2n) is 6.70. The summed E-state index contributed by atoms with van der Waals surface area (Å²) in [6.07, 6.45) is -4.66. The first-order valence-electron chi connectivity index (χ1n) is 9.08. The molecule has 0 spiro atoms. The van der Waals surface area contributed by atoms with Crippen LogP contribution >= 0.6 is 0 Å². The molecule has 1 N–H and O–H groups in total. The van der Waals surface area contributed by atoms with Gasteiger partial charge in [-0.25, -0.2) is 4.79 Å². The van der Waals surface area contributed by atoms with Crippen LogP contribution in [0.15, 0.2) is 36.4 Å². The van der Waals surface area contributed by atoms with Gasteiger partial charge in [0, 0.05) is 31.1 Å². The van der Waals surface area contributed by atoms with Crippen LogP contribution in [0.4, 0.5) is 22.0 Å². The second-order valence-corrected chi connectivity index (χ2v) is 6.70. The van der Waals surface area contributed by atoms with Gasteiger partial charge in [0.25, 0.3) is 0 Å². The average molecular weight is 445 g/mol. The minimum atomic E-state index is -4.66. The maximum atomic E-state index is 14.1. The zero-order chi connectivity index (χ0) is 23.6. The van der Waals surface area contributed by atoms with Crippen LogP contribution in [-0.4, -0.2) is 35.5 Å². The summed E-state index contributed by atoms with van der Waals surface area (Å²) in [6.45, 7) is 2.89. The van der Waals surface area contributed by atoms with Gasteiger partial charge in [-0.05, 0) is 48.4 Å². The van der Waals surface area contributed by atoms with E-state index in [-0.39, 0.29) is 41.4 Å². The number of hydrogen-bond acceptors (Lipinski definition) is 3. The topological polar surface area (TPSA) is 66.8 Å². The molecule has 0 unspecified atom stereocenters. The minimum absolute atomic E-state index is 0.0238. The number of rotatable bonds is 7. The summed E-state index contributed by atoms with van der Waals surface area (Å²) in [7, 11) is 1.24. The van der Waals surface area contributed by atoms with Crippen molar-refractivity contribution in [2.24, 2.45) is 0 Å². The first-order valence-corrected chi connectivity index (χ1v) is 9.08. The molecule has 2 aromatic rings. The van der Waals surface area contributed by atoms with Gasteiger partial charge in [-0.1, -0.05) is 6.07 Å². The zero-order valence-corrected chi connectivity index (χ0v) is 16.9. The van der Waals surface area contributed by atoms with E-state index in [2.05, 4.69) is 0 Å². The Morgan fingerprint density at radius 2 is 1.61 bits per heavy atom. The normalized spacial score (nSPS) is 11.9. The maximum absolute atomic E-state index is 14.1. The highest BCUT2D eigenvalue weighted by molar-refractivity contribution is 5.81. The Balaban J connectivity index is 2.76. The van der Waals surface area contributed by atoms with Crippen molar-refractivity contribution in [2.45, 2.75) is 32.5 Å². The van der Waals surface area contributed by atoms with Crippen molar-refractivity contribution >= 4 is 11.9 Å². The largest absolute Gasteiger partial charge is 0.496 e. The van der Waals surface area contributed by atoms with Crippen molar-refractivity contribution < 1.29 is 41.4 Å². The molecule has 0 radical (unpaired) electrons. The lowest BCUT2D eigenvalue weighted by Gasteiger charge is -2.23. The fraction of sp³-hybridized carbons (Fsp3) is 0.333. The number of halogens is 5. The summed E-state index contributed by atoms with van der Waals surface area (Å²) in [5.41, 5.74) is -1.71. The third-order valence-electron chi connectivity index (χ3n) is 4.74. The van der Waals surface area contributed by atoms with Crippen molar-refractivity contribution in [3.63, 3.8) is 0 Å². The smallest absolute Gasteiger partial charge is 0.416 e. The van der Waals surface area contributed by atoms with Crippen LogP contribution in [0.3, 0.4) is 0 Å². The highest BCUT2D eigenvalue weighted by atomic mass is 19.4. The molecule has 0 aromatic heterocycles. The average Bonchev–Trinajstić information content (AvgIpc) is 2.70. The Morgan fingerprint density at radius 1 is 1.00 bits per heavy atom. The Morgan fingerprint density at radius 3 is 2.10 bits per heavy atom. The molecule has 0 saturated carbocycles. The predicted octanol–water partition coefficient (Wildman–Crippen LogP) is 4.93. The maximum Gasteiger partial charge on any atom is 0.416 e. The summed E-state index contributed by atoms with van der Waals surface area (Å²) in [5, 5.41) is 8.82. The fourth-order valence-electron chi connectivity index (χ4n) is 3.05. The van der Waals surface area contributed by atoms with Gasteiger partial charge in [0.1, 0.15) is 5.75 Å².